The molecule has 0 unspecified atom stereocenters. The number of methoxy groups -OCH3 is 1. The lowest BCUT2D eigenvalue weighted by Crippen LogP contribution is -2.33. The van der Waals surface area contributed by atoms with Crippen LogP contribution in [-0.2, 0) is 16.0 Å². The first-order chi connectivity index (χ1) is 17.0. The number of anilines is 1. The Hall–Kier alpha value is -3.33. The lowest BCUT2D eigenvalue weighted by atomic mass is 10.1. The minimum absolute atomic E-state index is 0.0674. The van der Waals surface area contributed by atoms with Crippen LogP contribution in [0.2, 0.25) is 0 Å². The lowest BCUT2D eigenvalue weighted by Gasteiger charge is -2.27. The van der Waals surface area contributed by atoms with Gasteiger partial charge in [-0.1, -0.05) is 23.9 Å². The molecule has 0 radical (unpaired) electrons. The Bertz CT molecular complexity index is 1080. The molecule has 1 saturated heterocycles. The standard InChI is InChI=1S/C26H30N4O4S/c1-34-21-11-5-18(6-12-21)13-14-27-24(32)19-7-9-20(10-8-19)28-23(31)17-22-25(33)29-26(35-22)30-15-3-2-4-16-30/h5-12,22H,2-4,13-17H2,1H3,(H,27,32)(H,28,31)/t22-/m1/s1. The van der Waals surface area contributed by atoms with Crippen LogP contribution in [0, 0.1) is 0 Å². The van der Waals surface area contributed by atoms with Crippen molar-refractivity contribution in [3.63, 3.8) is 0 Å². The number of amidine groups is 1. The minimum Gasteiger partial charge on any atom is -0.497 e. The molecule has 4 rings (SSSR count). The van der Waals surface area contributed by atoms with Crippen LogP contribution in [0.4, 0.5) is 5.69 Å². The van der Waals surface area contributed by atoms with Gasteiger partial charge in [-0.15, -0.1) is 0 Å². The molecule has 35 heavy (non-hydrogen) atoms. The Balaban J connectivity index is 1.20. The van der Waals surface area contributed by atoms with Crippen molar-refractivity contribution in [2.75, 3.05) is 32.1 Å². The van der Waals surface area contributed by atoms with Gasteiger partial charge in [-0.25, -0.2) is 0 Å². The molecule has 0 aromatic heterocycles. The topological polar surface area (TPSA) is 100 Å². The normalized spacial score (nSPS) is 17.6. The van der Waals surface area contributed by atoms with Gasteiger partial charge in [0, 0.05) is 37.3 Å². The minimum atomic E-state index is -0.484. The van der Waals surface area contributed by atoms with Crippen LogP contribution in [0.25, 0.3) is 0 Å². The van der Waals surface area contributed by atoms with Gasteiger partial charge in [0.15, 0.2) is 5.17 Å². The first-order valence-electron chi connectivity index (χ1n) is 11.9. The number of ether oxygens (including phenoxy) is 1. The summed E-state index contributed by atoms with van der Waals surface area (Å²) in [7, 11) is 1.63. The summed E-state index contributed by atoms with van der Waals surface area (Å²) >= 11 is 1.38. The van der Waals surface area contributed by atoms with E-state index in [1.807, 2.05) is 24.3 Å². The zero-order valence-electron chi connectivity index (χ0n) is 19.8. The molecule has 2 aromatic carbocycles. The molecule has 8 nitrogen and oxygen atoms in total. The van der Waals surface area contributed by atoms with Crippen LogP contribution in [0.15, 0.2) is 53.5 Å². The summed E-state index contributed by atoms with van der Waals surface area (Å²) in [4.78, 5) is 43.5. The van der Waals surface area contributed by atoms with Crippen molar-refractivity contribution in [1.82, 2.24) is 10.2 Å². The maximum atomic E-state index is 12.5. The number of nitrogens with zero attached hydrogens (tertiary/aromatic N) is 2. The fraction of sp³-hybridized carbons (Fsp3) is 0.385. The van der Waals surface area contributed by atoms with Crippen molar-refractivity contribution in [2.24, 2.45) is 4.99 Å². The molecule has 2 N–H and O–H groups in total. The van der Waals surface area contributed by atoms with E-state index < -0.39 is 5.25 Å². The molecule has 9 heteroatoms. The first kappa shape index (κ1) is 24.8. The van der Waals surface area contributed by atoms with E-state index in [-0.39, 0.29) is 24.1 Å². The van der Waals surface area contributed by atoms with E-state index in [2.05, 4.69) is 20.5 Å². The molecule has 2 heterocycles. The highest BCUT2D eigenvalue weighted by Gasteiger charge is 2.33. The van der Waals surface area contributed by atoms with Crippen molar-refractivity contribution in [3.8, 4) is 5.75 Å². The highest BCUT2D eigenvalue weighted by Crippen LogP contribution is 2.29. The SMILES string of the molecule is COc1ccc(CCNC(=O)c2ccc(NC(=O)C[C@H]3SC(N4CCCCC4)=NC3=O)cc2)cc1. The van der Waals surface area contributed by atoms with E-state index >= 15 is 0 Å². The average molecular weight is 495 g/mol. The summed E-state index contributed by atoms with van der Waals surface area (Å²) in [5.74, 6) is 0.135. The third-order valence-electron chi connectivity index (χ3n) is 6.02. The molecule has 3 amide bonds. The summed E-state index contributed by atoms with van der Waals surface area (Å²) in [6, 6.07) is 14.5. The zero-order chi connectivity index (χ0) is 24.6. The number of carbonyl (C=O) groups excluding carboxylic acids is 3. The van der Waals surface area contributed by atoms with Crippen molar-refractivity contribution in [1.29, 1.82) is 0 Å². The molecule has 1 fully saturated rings. The number of hydrogen-bond acceptors (Lipinski definition) is 6. The number of nitrogens with one attached hydrogen (secondary N) is 2. The van der Waals surface area contributed by atoms with E-state index in [1.54, 1.807) is 31.4 Å². The van der Waals surface area contributed by atoms with Gasteiger partial charge in [-0.05, 0) is 67.6 Å². The number of aliphatic imine (C=N–C) groups is 1. The second-order valence-electron chi connectivity index (χ2n) is 8.57. The van der Waals surface area contributed by atoms with Crippen LogP contribution in [0.1, 0.15) is 41.6 Å². The van der Waals surface area contributed by atoms with Crippen LogP contribution >= 0.6 is 11.8 Å². The van der Waals surface area contributed by atoms with Gasteiger partial charge < -0.3 is 20.3 Å². The predicted molar refractivity (Wildman–Crippen MR) is 138 cm³/mol. The quantitative estimate of drug-likeness (QED) is 0.583. The predicted octanol–water partition coefficient (Wildman–Crippen LogP) is 3.48. The van der Waals surface area contributed by atoms with Gasteiger partial charge in [0.25, 0.3) is 11.8 Å². The van der Waals surface area contributed by atoms with Gasteiger partial charge in [-0.3, -0.25) is 14.4 Å². The molecular formula is C26H30N4O4S. The first-order valence-corrected chi connectivity index (χ1v) is 12.7. The number of likely N-dealkylation sites (tertiary alicyclic amines) is 1. The number of rotatable bonds is 8. The molecule has 1 atom stereocenters. The van der Waals surface area contributed by atoms with Gasteiger partial charge in [0.1, 0.15) is 11.0 Å². The Morgan fingerprint density at radius 2 is 1.77 bits per heavy atom. The number of benzene rings is 2. The van der Waals surface area contributed by atoms with Gasteiger partial charge in [0.05, 0.1) is 7.11 Å². The molecule has 0 saturated carbocycles. The second kappa shape index (κ2) is 11.9. The van der Waals surface area contributed by atoms with E-state index in [0.29, 0.717) is 24.2 Å². The third kappa shape index (κ3) is 6.85. The summed E-state index contributed by atoms with van der Waals surface area (Å²) in [6.45, 7) is 2.34. The molecule has 0 bridgehead atoms. The Morgan fingerprint density at radius 1 is 1.06 bits per heavy atom. The van der Waals surface area contributed by atoms with Crippen LogP contribution in [0.3, 0.4) is 0 Å². The Morgan fingerprint density at radius 3 is 2.46 bits per heavy atom. The van der Waals surface area contributed by atoms with Crippen LogP contribution < -0.4 is 15.4 Å². The van der Waals surface area contributed by atoms with Gasteiger partial charge in [-0.2, -0.15) is 4.99 Å². The summed E-state index contributed by atoms with van der Waals surface area (Å²) in [5.41, 5.74) is 2.20. The molecule has 2 aliphatic heterocycles. The van der Waals surface area contributed by atoms with E-state index in [4.69, 9.17) is 4.74 Å². The highest BCUT2D eigenvalue weighted by molar-refractivity contribution is 8.15. The van der Waals surface area contributed by atoms with E-state index in [0.717, 1.165) is 42.4 Å². The molecular weight excluding hydrogens is 464 g/mol. The van der Waals surface area contributed by atoms with Crippen LogP contribution in [0.5, 0.6) is 5.75 Å². The number of thioether (sulfide) groups is 1. The van der Waals surface area contributed by atoms with Gasteiger partial charge >= 0.3 is 0 Å². The number of amides is 3. The van der Waals surface area contributed by atoms with Crippen molar-refractivity contribution < 1.29 is 19.1 Å². The molecule has 0 aliphatic carbocycles. The Labute approximate surface area is 209 Å². The fourth-order valence-corrected chi connectivity index (χ4v) is 5.15. The maximum absolute atomic E-state index is 12.5. The average Bonchev–Trinajstić information content (AvgIpc) is 3.25. The lowest BCUT2D eigenvalue weighted by molar-refractivity contribution is -0.121. The monoisotopic (exact) mass is 494 g/mol. The molecule has 2 aromatic rings. The fourth-order valence-electron chi connectivity index (χ4n) is 4.03. The molecule has 184 valence electrons. The van der Waals surface area contributed by atoms with Crippen molar-refractivity contribution >= 4 is 40.3 Å². The third-order valence-corrected chi connectivity index (χ3v) is 7.23. The molecule has 2 aliphatic rings. The number of carbonyl (C=O) groups is 3. The zero-order valence-corrected chi connectivity index (χ0v) is 20.6. The van der Waals surface area contributed by atoms with Crippen molar-refractivity contribution in [3.05, 3.63) is 59.7 Å². The van der Waals surface area contributed by atoms with Crippen molar-refractivity contribution in [2.45, 2.75) is 37.4 Å². The summed E-state index contributed by atoms with van der Waals surface area (Å²) < 4.78 is 5.15. The van der Waals surface area contributed by atoms with E-state index in [1.165, 1.54) is 18.2 Å². The maximum Gasteiger partial charge on any atom is 0.262 e. The Kier molecular flexibility index (Phi) is 8.41. The number of hydrogen-bond donors (Lipinski definition) is 2. The van der Waals surface area contributed by atoms with Gasteiger partial charge in [0.2, 0.25) is 5.91 Å². The van der Waals surface area contributed by atoms with Crippen LogP contribution in [-0.4, -0.2) is 59.8 Å². The van der Waals surface area contributed by atoms with E-state index in [9.17, 15) is 14.4 Å². The smallest absolute Gasteiger partial charge is 0.262 e. The summed E-state index contributed by atoms with van der Waals surface area (Å²) in [5, 5.41) is 5.98. The molecule has 0 spiro atoms. The largest absolute Gasteiger partial charge is 0.497 e. The summed E-state index contributed by atoms with van der Waals surface area (Å²) in [6.07, 6.45) is 4.20. The number of piperidine rings is 1. The highest BCUT2D eigenvalue weighted by atomic mass is 32.2. The second-order valence-corrected chi connectivity index (χ2v) is 9.74.